The zero-order valence-electron chi connectivity index (χ0n) is 12.8. The van der Waals surface area contributed by atoms with Crippen LogP contribution in [0.3, 0.4) is 0 Å². The number of amides is 1. The van der Waals surface area contributed by atoms with Crippen molar-refractivity contribution >= 4 is 17.5 Å². The molecule has 2 heterocycles. The molecule has 6 nitrogen and oxygen atoms in total. The Morgan fingerprint density at radius 2 is 2.00 bits per heavy atom. The largest absolute Gasteiger partial charge is 0.494 e. The van der Waals surface area contributed by atoms with E-state index in [2.05, 4.69) is 4.98 Å². The highest BCUT2D eigenvalue weighted by atomic mass is 16.5. The molecule has 1 aromatic carbocycles. The van der Waals surface area contributed by atoms with Crippen molar-refractivity contribution in [3.05, 3.63) is 42.5 Å². The van der Waals surface area contributed by atoms with Crippen LogP contribution in [0.1, 0.15) is 12.8 Å². The van der Waals surface area contributed by atoms with E-state index in [0.717, 1.165) is 18.6 Å². The van der Waals surface area contributed by atoms with Gasteiger partial charge in [0.25, 0.3) is 5.91 Å². The summed E-state index contributed by atoms with van der Waals surface area (Å²) in [6, 6.07) is 13.1. The van der Waals surface area contributed by atoms with Crippen LogP contribution in [0.2, 0.25) is 0 Å². The minimum absolute atomic E-state index is 0.0408. The number of anilines is 2. The van der Waals surface area contributed by atoms with Crippen LogP contribution in [-0.4, -0.2) is 30.6 Å². The molecule has 0 radical (unpaired) electrons. The Kier molecular flexibility index (Phi) is 4.61. The average molecular weight is 313 g/mol. The molecule has 1 amide bonds. The lowest BCUT2D eigenvalue weighted by molar-refractivity contribution is -0.121. The van der Waals surface area contributed by atoms with Crippen LogP contribution in [-0.2, 0) is 4.79 Å². The summed E-state index contributed by atoms with van der Waals surface area (Å²) in [5.74, 6) is 2.23. The molecule has 0 atom stereocenters. The van der Waals surface area contributed by atoms with Crippen LogP contribution in [0.4, 0.5) is 11.6 Å². The third kappa shape index (κ3) is 3.71. The molecule has 0 unspecified atom stereocenters. The maximum atomic E-state index is 12.0. The number of fused-ring (bicyclic) bond motifs is 1. The fourth-order valence-corrected chi connectivity index (χ4v) is 2.40. The number of rotatable bonds is 6. The third-order valence-electron chi connectivity index (χ3n) is 3.56. The van der Waals surface area contributed by atoms with E-state index >= 15 is 0 Å². The second-order valence-electron chi connectivity index (χ2n) is 5.26. The standard InChI is InChI=1S/C17H19N3O3/c18-15-9-8-14-17(19-15)20(16(21)12-23-14)10-4-5-11-22-13-6-2-1-3-7-13/h1-3,6-9H,4-5,10-12H2,(H2,18,19). The zero-order valence-corrected chi connectivity index (χ0v) is 12.8. The number of unbranched alkanes of at least 4 members (excludes halogenated alkanes) is 1. The van der Waals surface area contributed by atoms with Gasteiger partial charge in [0.15, 0.2) is 18.2 Å². The van der Waals surface area contributed by atoms with E-state index in [0.29, 0.717) is 30.5 Å². The zero-order chi connectivity index (χ0) is 16.1. The van der Waals surface area contributed by atoms with Crippen molar-refractivity contribution in [2.24, 2.45) is 0 Å². The molecule has 1 aliphatic heterocycles. The number of nitrogens with zero attached hydrogens (tertiary/aromatic N) is 2. The molecular formula is C17H19N3O3. The average Bonchev–Trinajstić information content (AvgIpc) is 2.57. The van der Waals surface area contributed by atoms with Gasteiger partial charge < -0.3 is 15.2 Å². The smallest absolute Gasteiger partial charge is 0.266 e. The maximum absolute atomic E-state index is 12.0. The third-order valence-corrected chi connectivity index (χ3v) is 3.56. The van der Waals surface area contributed by atoms with Gasteiger partial charge in [-0.15, -0.1) is 0 Å². The first-order valence-corrected chi connectivity index (χ1v) is 7.61. The van der Waals surface area contributed by atoms with Gasteiger partial charge in [-0.2, -0.15) is 0 Å². The lowest BCUT2D eigenvalue weighted by Gasteiger charge is -2.28. The van der Waals surface area contributed by atoms with Crippen LogP contribution in [0, 0.1) is 0 Å². The molecule has 0 fully saturated rings. The molecule has 0 saturated heterocycles. The topological polar surface area (TPSA) is 77.7 Å². The SMILES string of the molecule is Nc1ccc2c(n1)N(CCCCOc1ccccc1)C(=O)CO2. The normalized spacial score (nSPS) is 13.4. The van der Waals surface area contributed by atoms with Gasteiger partial charge in [-0.1, -0.05) is 18.2 Å². The van der Waals surface area contributed by atoms with Gasteiger partial charge in [-0.25, -0.2) is 4.98 Å². The summed E-state index contributed by atoms with van der Waals surface area (Å²) < 4.78 is 11.0. The first-order valence-electron chi connectivity index (χ1n) is 7.61. The molecule has 3 rings (SSSR count). The molecule has 0 saturated carbocycles. The Bertz CT molecular complexity index is 676. The van der Waals surface area contributed by atoms with Gasteiger partial charge in [-0.3, -0.25) is 9.69 Å². The minimum atomic E-state index is -0.0976. The number of aromatic nitrogens is 1. The molecule has 2 aromatic rings. The molecule has 6 heteroatoms. The Morgan fingerprint density at radius 3 is 2.83 bits per heavy atom. The maximum Gasteiger partial charge on any atom is 0.266 e. The molecule has 120 valence electrons. The number of nitrogens with two attached hydrogens (primary N) is 1. The Labute approximate surface area is 134 Å². The number of carbonyl (C=O) groups excluding carboxylic acids is 1. The Morgan fingerprint density at radius 1 is 1.17 bits per heavy atom. The fourth-order valence-electron chi connectivity index (χ4n) is 2.40. The summed E-state index contributed by atoms with van der Waals surface area (Å²) in [6.45, 7) is 1.22. The number of para-hydroxylation sites is 1. The second kappa shape index (κ2) is 7.00. The highest BCUT2D eigenvalue weighted by Gasteiger charge is 2.26. The number of hydrogen-bond donors (Lipinski definition) is 1. The van der Waals surface area contributed by atoms with Gasteiger partial charge >= 0.3 is 0 Å². The van der Waals surface area contributed by atoms with E-state index in [4.69, 9.17) is 15.2 Å². The summed E-state index contributed by atoms with van der Waals surface area (Å²) in [5, 5.41) is 0. The fraction of sp³-hybridized carbons (Fsp3) is 0.294. The van der Waals surface area contributed by atoms with Crippen molar-refractivity contribution in [1.29, 1.82) is 0 Å². The molecule has 0 bridgehead atoms. The molecule has 23 heavy (non-hydrogen) atoms. The van der Waals surface area contributed by atoms with Crippen molar-refractivity contribution in [2.75, 3.05) is 30.4 Å². The summed E-state index contributed by atoms with van der Waals surface area (Å²) in [4.78, 5) is 17.9. The Balaban J connectivity index is 1.52. The van der Waals surface area contributed by atoms with Crippen LogP contribution in [0.25, 0.3) is 0 Å². The van der Waals surface area contributed by atoms with Gasteiger partial charge in [0, 0.05) is 6.54 Å². The number of hydrogen-bond acceptors (Lipinski definition) is 5. The van der Waals surface area contributed by atoms with Crippen molar-refractivity contribution < 1.29 is 14.3 Å². The van der Waals surface area contributed by atoms with Crippen molar-refractivity contribution in [2.45, 2.75) is 12.8 Å². The lowest BCUT2D eigenvalue weighted by atomic mass is 10.2. The first-order chi connectivity index (χ1) is 11.2. The summed E-state index contributed by atoms with van der Waals surface area (Å²) in [7, 11) is 0. The van der Waals surface area contributed by atoms with Crippen molar-refractivity contribution in [3.63, 3.8) is 0 Å². The highest BCUT2D eigenvalue weighted by molar-refractivity contribution is 5.96. The van der Waals surface area contributed by atoms with E-state index in [1.165, 1.54) is 0 Å². The highest BCUT2D eigenvalue weighted by Crippen LogP contribution is 2.30. The summed E-state index contributed by atoms with van der Waals surface area (Å²) >= 11 is 0. The Hall–Kier alpha value is -2.76. The van der Waals surface area contributed by atoms with E-state index in [-0.39, 0.29) is 12.5 Å². The first kappa shape index (κ1) is 15.1. The second-order valence-corrected chi connectivity index (χ2v) is 5.26. The molecule has 1 aliphatic rings. The van der Waals surface area contributed by atoms with E-state index < -0.39 is 0 Å². The molecule has 2 N–H and O–H groups in total. The number of carbonyl (C=O) groups is 1. The van der Waals surface area contributed by atoms with Gasteiger partial charge in [0.2, 0.25) is 0 Å². The summed E-state index contributed by atoms with van der Waals surface area (Å²) in [5.41, 5.74) is 5.71. The van der Waals surface area contributed by atoms with Gasteiger partial charge in [0.05, 0.1) is 6.61 Å². The van der Waals surface area contributed by atoms with Crippen molar-refractivity contribution in [3.8, 4) is 11.5 Å². The molecule has 1 aromatic heterocycles. The minimum Gasteiger partial charge on any atom is -0.494 e. The quantitative estimate of drug-likeness (QED) is 0.828. The monoisotopic (exact) mass is 313 g/mol. The molecule has 0 spiro atoms. The van der Waals surface area contributed by atoms with Crippen LogP contribution < -0.4 is 20.1 Å². The number of nitrogen functional groups attached to an aromatic ring is 1. The van der Waals surface area contributed by atoms with Gasteiger partial charge in [-0.05, 0) is 37.1 Å². The molecule has 0 aliphatic carbocycles. The number of pyridine rings is 1. The van der Waals surface area contributed by atoms with Crippen molar-refractivity contribution in [1.82, 2.24) is 4.98 Å². The number of benzene rings is 1. The van der Waals surface area contributed by atoms with E-state index in [9.17, 15) is 4.79 Å². The van der Waals surface area contributed by atoms with E-state index in [1.807, 2.05) is 30.3 Å². The van der Waals surface area contributed by atoms with E-state index in [1.54, 1.807) is 17.0 Å². The van der Waals surface area contributed by atoms with Crippen LogP contribution in [0.15, 0.2) is 42.5 Å². The number of ether oxygens (including phenoxy) is 2. The predicted octanol–water partition coefficient (Wildman–Crippen LogP) is 2.25. The summed E-state index contributed by atoms with van der Waals surface area (Å²) in [6.07, 6.45) is 1.66. The van der Waals surface area contributed by atoms with Gasteiger partial charge in [0.1, 0.15) is 11.6 Å². The van der Waals surface area contributed by atoms with Crippen LogP contribution >= 0.6 is 0 Å². The molecular weight excluding hydrogens is 294 g/mol. The predicted molar refractivity (Wildman–Crippen MR) is 87.7 cm³/mol. The van der Waals surface area contributed by atoms with Crippen LogP contribution in [0.5, 0.6) is 11.5 Å². The lowest BCUT2D eigenvalue weighted by Crippen LogP contribution is -2.40.